The van der Waals surface area contributed by atoms with E-state index in [1.807, 2.05) is 24.3 Å². The van der Waals surface area contributed by atoms with E-state index in [0.717, 1.165) is 15.8 Å². The number of aliphatic carboxylic acids is 1. The van der Waals surface area contributed by atoms with Crippen molar-refractivity contribution in [1.82, 2.24) is 15.2 Å². The van der Waals surface area contributed by atoms with Gasteiger partial charge in [-0.1, -0.05) is 24.3 Å². The third-order valence-corrected chi connectivity index (χ3v) is 5.62. The summed E-state index contributed by atoms with van der Waals surface area (Å²) in [6.07, 6.45) is 1.02. The molecular weight excluding hydrogens is 466 g/mol. The van der Waals surface area contributed by atoms with Gasteiger partial charge in [0.25, 0.3) is 11.8 Å². The molecule has 10 heteroatoms. The second-order valence-electron chi connectivity index (χ2n) is 9.35. The summed E-state index contributed by atoms with van der Waals surface area (Å²) in [5.74, 6) is -2.59. The van der Waals surface area contributed by atoms with Crippen molar-refractivity contribution in [3.8, 4) is 5.75 Å². The van der Waals surface area contributed by atoms with E-state index in [9.17, 15) is 24.3 Å². The van der Waals surface area contributed by atoms with E-state index in [4.69, 9.17) is 9.47 Å². The highest BCUT2D eigenvalue weighted by Crippen LogP contribution is 2.33. The fraction of sp³-hybridized carbons (Fsp3) is 0.308. The highest BCUT2D eigenvalue weighted by Gasteiger charge is 2.44. The summed E-state index contributed by atoms with van der Waals surface area (Å²) in [5.41, 5.74) is 0.941. The molecule has 3 N–H and O–H groups in total. The van der Waals surface area contributed by atoms with Crippen molar-refractivity contribution in [3.63, 3.8) is 0 Å². The van der Waals surface area contributed by atoms with E-state index in [1.165, 1.54) is 12.1 Å². The van der Waals surface area contributed by atoms with Crippen molar-refractivity contribution >= 4 is 34.8 Å². The number of benzene rings is 2. The molecule has 1 aliphatic rings. The summed E-state index contributed by atoms with van der Waals surface area (Å²) in [4.78, 5) is 54.3. The van der Waals surface area contributed by atoms with Crippen LogP contribution < -0.4 is 10.1 Å². The zero-order chi connectivity index (χ0) is 26.0. The number of ether oxygens (including phenoxy) is 2. The first kappa shape index (κ1) is 24.8. The van der Waals surface area contributed by atoms with Gasteiger partial charge in [0.2, 0.25) is 0 Å². The first-order chi connectivity index (χ1) is 17.1. The molecule has 3 amide bonds. The number of hydrogen-bond acceptors (Lipinski definition) is 6. The van der Waals surface area contributed by atoms with Gasteiger partial charge in [0, 0.05) is 23.5 Å². The van der Waals surface area contributed by atoms with E-state index in [0.29, 0.717) is 5.56 Å². The van der Waals surface area contributed by atoms with Crippen LogP contribution in [0.15, 0.2) is 48.7 Å². The van der Waals surface area contributed by atoms with Crippen molar-refractivity contribution in [2.45, 2.75) is 38.8 Å². The number of aromatic amines is 1. The molecule has 0 bridgehead atoms. The zero-order valence-electron chi connectivity index (χ0n) is 20.2. The smallest absolute Gasteiger partial charge is 0.407 e. The van der Waals surface area contributed by atoms with Crippen LogP contribution in [-0.2, 0) is 16.0 Å². The Balaban J connectivity index is 1.50. The molecule has 2 heterocycles. The van der Waals surface area contributed by atoms with Crippen LogP contribution in [0.5, 0.6) is 5.75 Å². The van der Waals surface area contributed by atoms with Crippen LogP contribution in [0.4, 0.5) is 4.79 Å². The molecule has 0 radical (unpaired) electrons. The topological polar surface area (TPSA) is 138 Å². The minimum Gasteiger partial charge on any atom is -0.491 e. The summed E-state index contributed by atoms with van der Waals surface area (Å²) in [6.45, 7) is 5.34. The Morgan fingerprint density at radius 1 is 1.08 bits per heavy atom. The number of hydrogen-bond donors (Lipinski definition) is 3. The molecule has 0 unspecified atom stereocenters. The van der Waals surface area contributed by atoms with Crippen LogP contribution in [0, 0.1) is 0 Å². The number of H-pyrrole nitrogens is 1. The minimum atomic E-state index is -1.40. The first-order valence-electron chi connectivity index (χ1n) is 11.4. The van der Waals surface area contributed by atoms with Gasteiger partial charge in [-0.15, -0.1) is 0 Å². The van der Waals surface area contributed by atoms with Crippen LogP contribution >= 0.6 is 0 Å². The Bertz CT molecular complexity index is 1340. The number of imide groups is 1. The number of alkyl carbamates (subject to hydrolysis) is 1. The highest BCUT2D eigenvalue weighted by atomic mass is 16.6. The second-order valence-corrected chi connectivity index (χ2v) is 9.35. The molecule has 2 aromatic carbocycles. The van der Waals surface area contributed by atoms with Gasteiger partial charge < -0.3 is 24.9 Å². The molecule has 36 heavy (non-hydrogen) atoms. The number of carbonyl (C=O) groups excluding carboxylic acids is 3. The van der Waals surface area contributed by atoms with Gasteiger partial charge in [0.05, 0.1) is 17.7 Å². The molecule has 188 valence electrons. The lowest BCUT2D eigenvalue weighted by atomic mass is 10.0. The number of amides is 3. The largest absolute Gasteiger partial charge is 0.491 e. The summed E-state index contributed by atoms with van der Waals surface area (Å²) in [6, 6.07) is 10.5. The minimum absolute atomic E-state index is 0.00458. The molecule has 0 saturated heterocycles. The Hall–Kier alpha value is -4.34. The number of aromatic nitrogens is 1. The third kappa shape index (κ3) is 5.02. The van der Waals surface area contributed by atoms with Gasteiger partial charge in [-0.2, -0.15) is 0 Å². The maximum atomic E-state index is 13.3. The van der Waals surface area contributed by atoms with Crippen LogP contribution in [0.3, 0.4) is 0 Å². The van der Waals surface area contributed by atoms with Gasteiger partial charge in [-0.3, -0.25) is 14.5 Å². The summed E-state index contributed by atoms with van der Waals surface area (Å²) in [5, 5.41) is 13.3. The quantitative estimate of drug-likeness (QED) is 0.323. The number of nitrogens with zero attached hydrogens (tertiary/aromatic N) is 1. The lowest BCUT2D eigenvalue weighted by Gasteiger charge is -2.22. The van der Waals surface area contributed by atoms with E-state index in [1.54, 1.807) is 33.0 Å². The Morgan fingerprint density at radius 2 is 1.83 bits per heavy atom. The summed E-state index contributed by atoms with van der Waals surface area (Å²) < 4.78 is 10.8. The molecule has 1 aromatic heterocycles. The van der Waals surface area contributed by atoms with Gasteiger partial charge in [0.1, 0.15) is 24.0 Å². The standard InChI is InChI=1S/C26H27N3O7/c1-26(2,3)36-25(34)27-11-12-35-20-10-6-8-17-21(20)23(31)29(22(17)30)19(24(32)33)13-15-14-28-18-9-5-4-7-16(15)18/h4-10,14,19,28H,11-13H2,1-3H3,(H,27,34)(H,32,33)/t19-/m0/s1. The van der Waals surface area contributed by atoms with Crippen molar-refractivity contribution < 1.29 is 33.8 Å². The highest BCUT2D eigenvalue weighted by molar-refractivity contribution is 6.23. The average Bonchev–Trinajstić information content (AvgIpc) is 3.33. The van der Waals surface area contributed by atoms with Gasteiger partial charge >= 0.3 is 12.1 Å². The van der Waals surface area contributed by atoms with Gasteiger partial charge in [0.15, 0.2) is 0 Å². The molecule has 3 aromatic rings. The normalized spacial score (nSPS) is 14.0. The maximum absolute atomic E-state index is 13.3. The SMILES string of the molecule is CC(C)(C)OC(=O)NCCOc1cccc2c1C(=O)N([C@@H](Cc1c[nH]c3ccccc13)C(=O)O)C2=O. The molecule has 10 nitrogen and oxygen atoms in total. The van der Waals surface area contributed by atoms with E-state index < -0.39 is 35.5 Å². The molecule has 4 rings (SSSR count). The number of nitrogens with one attached hydrogen (secondary N) is 2. The van der Waals surface area contributed by atoms with Crippen molar-refractivity contribution in [2.24, 2.45) is 0 Å². The summed E-state index contributed by atoms with van der Waals surface area (Å²) >= 11 is 0. The van der Waals surface area contributed by atoms with Crippen LogP contribution in [0.25, 0.3) is 10.9 Å². The monoisotopic (exact) mass is 493 g/mol. The molecule has 1 aliphatic heterocycles. The Labute approximate surface area is 207 Å². The average molecular weight is 494 g/mol. The third-order valence-electron chi connectivity index (χ3n) is 5.62. The number of para-hydroxylation sites is 1. The molecule has 1 atom stereocenters. The lowest BCUT2D eigenvalue weighted by Crippen LogP contribution is -2.46. The molecular formula is C26H27N3O7. The van der Waals surface area contributed by atoms with Gasteiger partial charge in [-0.05, 0) is 44.5 Å². The van der Waals surface area contributed by atoms with Crippen LogP contribution in [0.2, 0.25) is 0 Å². The number of carboxylic acids is 1. The first-order valence-corrected chi connectivity index (χ1v) is 11.4. The van der Waals surface area contributed by atoms with Crippen molar-refractivity contribution in [3.05, 3.63) is 65.4 Å². The number of rotatable bonds is 8. The Kier molecular flexibility index (Phi) is 6.69. The zero-order valence-corrected chi connectivity index (χ0v) is 20.2. The molecule has 0 fully saturated rings. The molecule has 0 aliphatic carbocycles. The van der Waals surface area contributed by atoms with Crippen LogP contribution in [0.1, 0.15) is 47.1 Å². The van der Waals surface area contributed by atoms with E-state index >= 15 is 0 Å². The van der Waals surface area contributed by atoms with E-state index in [2.05, 4.69) is 10.3 Å². The lowest BCUT2D eigenvalue weighted by molar-refractivity contribution is -0.141. The predicted octanol–water partition coefficient (Wildman–Crippen LogP) is 3.36. The fourth-order valence-corrected chi connectivity index (χ4v) is 4.10. The number of carboxylic acid groups (broad SMARTS) is 1. The van der Waals surface area contributed by atoms with E-state index in [-0.39, 0.29) is 36.4 Å². The second kappa shape index (κ2) is 9.73. The fourth-order valence-electron chi connectivity index (χ4n) is 4.10. The molecule has 0 saturated carbocycles. The van der Waals surface area contributed by atoms with Crippen molar-refractivity contribution in [2.75, 3.05) is 13.2 Å². The number of fused-ring (bicyclic) bond motifs is 2. The summed E-state index contributed by atoms with van der Waals surface area (Å²) in [7, 11) is 0. The molecule has 0 spiro atoms. The Morgan fingerprint density at radius 3 is 2.56 bits per heavy atom. The predicted molar refractivity (Wildman–Crippen MR) is 130 cm³/mol. The maximum Gasteiger partial charge on any atom is 0.407 e. The number of carbonyl (C=O) groups is 4. The van der Waals surface area contributed by atoms with Crippen molar-refractivity contribution in [1.29, 1.82) is 0 Å². The van der Waals surface area contributed by atoms with Crippen LogP contribution in [-0.4, -0.2) is 63.7 Å². The van der Waals surface area contributed by atoms with Gasteiger partial charge in [-0.25, -0.2) is 9.59 Å².